The molecule has 2 aromatic rings. The van der Waals surface area contributed by atoms with Crippen molar-refractivity contribution in [3.8, 4) is 11.5 Å². The van der Waals surface area contributed by atoms with Crippen molar-refractivity contribution in [1.82, 2.24) is 0 Å². The van der Waals surface area contributed by atoms with Crippen LogP contribution in [0, 0.1) is 6.92 Å². The first-order chi connectivity index (χ1) is 11.0. The minimum absolute atomic E-state index is 0.218. The number of ether oxygens (including phenoxy) is 2. The maximum atomic E-state index is 12.4. The molecule has 0 unspecified atom stereocenters. The van der Waals surface area contributed by atoms with Gasteiger partial charge in [0.2, 0.25) is 0 Å². The first-order valence-electron chi connectivity index (χ1n) is 7.45. The van der Waals surface area contributed by atoms with Crippen LogP contribution in [0.4, 0.5) is 5.69 Å². The van der Waals surface area contributed by atoms with Gasteiger partial charge >= 0.3 is 0 Å². The lowest BCUT2D eigenvalue weighted by Crippen LogP contribution is -2.13. The molecule has 0 atom stereocenters. The van der Waals surface area contributed by atoms with Crippen LogP contribution in [-0.2, 0) is 10.0 Å². The van der Waals surface area contributed by atoms with Crippen LogP contribution in [-0.4, -0.2) is 21.6 Å². The highest BCUT2D eigenvalue weighted by atomic mass is 32.2. The van der Waals surface area contributed by atoms with Gasteiger partial charge in [-0.2, -0.15) is 0 Å². The number of hydrogen-bond donors (Lipinski definition) is 1. The fourth-order valence-electron chi connectivity index (χ4n) is 2.05. The van der Waals surface area contributed by atoms with E-state index in [0.29, 0.717) is 30.4 Å². The van der Waals surface area contributed by atoms with Gasteiger partial charge in [0, 0.05) is 6.07 Å². The van der Waals surface area contributed by atoms with Crippen LogP contribution in [0.15, 0.2) is 47.4 Å². The van der Waals surface area contributed by atoms with Gasteiger partial charge in [0.15, 0.2) is 11.5 Å². The Balaban J connectivity index is 2.28. The Morgan fingerprint density at radius 1 is 0.913 bits per heavy atom. The van der Waals surface area contributed by atoms with Crippen molar-refractivity contribution in [2.75, 3.05) is 17.9 Å². The standard InChI is InChI=1S/C17H21NO4S/c1-4-21-16-11-8-14(12-17(16)22-5-2)18-23(19,20)15-9-6-13(3)7-10-15/h6-12,18H,4-5H2,1-3H3. The van der Waals surface area contributed by atoms with Crippen LogP contribution >= 0.6 is 0 Å². The lowest BCUT2D eigenvalue weighted by atomic mass is 10.2. The third-order valence-electron chi connectivity index (χ3n) is 3.13. The molecule has 0 aromatic heterocycles. The van der Waals surface area contributed by atoms with Gasteiger partial charge in [-0.1, -0.05) is 17.7 Å². The van der Waals surface area contributed by atoms with Crippen LogP contribution in [0.2, 0.25) is 0 Å². The Kier molecular flexibility index (Phi) is 5.50. The van der Waals surface area contributed by atoms with E-state index >= 15 is 0 Å². The molecule has 0 saturated heterocycles. The zero-order valence-corrected chi connectivity index (χ0v) is 14.3. The Labute approximate surface area is 137 Å². The van der Waals surface area contributed by atoms with E-state index in [1.807, 2.05) is 20.8 Å². The van der Waals surface area contributed by atoms with E-state index < -0.39 is 10.0 Å². The minimum Gasteiger partial charge on any atom is -0.490 e. The summed E-state index contributed by atoms with van der Waals surface area (Å²) in [4.78, 5) is 0.218. The van der Waals surface area contributed by atoms with Crippen LogP contribution in [0.1, 0.15) is 19.4 Å². The first kappa shape index (κ1) is 17.1. The van der Waals surface area contributed by atoms with E-state index in [2.05, 4.69) is 4.72 Å². The molecule has 23 heavy (non-hydrogen) atoms. The van der Waals surface area contributed by atoms with E-state index in [-0.39, 0.29) is 4.90 Å². The van der Waals surface area contributed by atoms with Crippen molar-refractivity contribution in [3.05, 3.63) is 48.0 Å². The van der Waals surface area contributed by atoms with E-state index in [1.165, 1.54) is 0 Å². The van der Waals surface area contributed by atoms with Crippen LogP contribution < -0.4 is 14.2 Å². The van der Waals surface area contributed by atoms with E-state index in [0.717, 1.165) is 5.56 Å². The zero-order chi connectivity index (χ0) is 16.9. The van der Waals surface area contributed by atoms with Gasteiger partial charge in [0.1, 0.15) is 0 Å². The summed E-state index contributed by atoms with van der Waals surface area (Å²) in [5, 5.41) is 0. The molecule has 0 spiro atoms. The lowest BCUT2D eigenvalue weighted by molar-refractivity contribution is 0.288. The topological polar surface area (TPSA) is 64.6 Å². The van der Waals surface area contributed by atoms with Gasteiger partial charge in [-0.25, -0.2) is 8.42 Å². The van der Waals surface area contributed by atoms with Gasteiger partial charge in [-0.15, -0.1) is 0 Å². The molecule has 0 saturated carbocycles. The summed E-state index contributed by atoms with van der Waals surface area (Å²) in [6.45, 7) is 6.62. The number of hydrogen-bond acceptors (Lipinski definition) is 4. The highest BCUT2D eigenvalue weighted by Crippen LogP contribution is 2.31. The number of benzene rings is 2. The largest absolute Gasteiger partial charge is 0.490 e. The number of aryl methyl sites for hydroxylation is 1. The number of anilines is 1. The quantitative estimate of drug-likeness (QED) is 0.840. The molecule has 2 aromatic carbocycles. The molecule has 0 radical (unpaired) electrons. The zero-order valence-electron chi connectivity index (χ0n) is 13.5. The predicted octanol–water partition coefficient (Wildman–Crippen LogP) is 3.59. The molecule has 1 N–H and O–H groups in total. The van der Waals surface area contributed by atoms with Gasteiger partial charge in [-0.05, 0) is 45.0 Å². The van der Waals surface area contributed by atoms with Crippen LogP contribution in [0.3, 0.4) is 0 Å². The van der Waals surface area contributed by atoms with Crippen molar-refractivity contribution in [2.45, 2.75) is 25.7 Å². The highest BCUT2D eigenvalue weighted by molar-refractivity contribution is 7.92. The Morgan fingerprint density at radius 2 is 1.52 bits per heavy atom. The van der Waals surface area contributed by atoms with Crippen molar-refractivity contribution in [3.63, 3.8) is 0 Å². The van der Waals surface area contributed by atoms with E-state index in [1.54, 1.807) is 42.5 Å². The smallest absolute Gasteiger partial charge is 0.261 e. The van der Waals surface area contributed by atoms with Crippen LogP contribution in [0.25, 0.3) is 0 Å². The predicted molar refractivity (Wildman–Crippen MR) is 90.8 cm³/mol. The fourth-order valence-corrected chi connectivity index (χ4v) is 3.10. The van der Waals surface area contributed by atoms with Crippen molar-refractivity contribution in [2.24, 2.45) is 0 Å². The SMILES string of the molecule is CCOc1ccc(NS(=O)(=O)c2ccc(C)cc2)cc1OCC. The number of nitrogens with one attached hydrogen (secondary N) is 1. The molecule has 0 amide bonds. The van der Waals surface area contributed by atoms with Gasteiger partial charge in [0.25, 0.3) is 10.0 Å². The third-order valence-corrected chi connectivity index (χ3v) is 4.52. The summed E-state index contributed by atoms with van der Waals surface area (Å²) in [6, 6.07) is 11.7. The maximum absolute atomic E-state index is 12.4. The Bertz CT molecular complexity index is 755. The Morgan fingerprint density at radius 3 is 2.13 bits per heavy atom. The van der Waals surface area contributed by atoms with E-state index in [9.17, 15) is 8.42 Å². The summed E-state index contributed by atoms with van der Waals surface area (Å²) in [6.07, 6.45) is 0. The number of sulfonamides is 1. The van der Waals surface area contributed by atoms with Crippen molar-refractivity contribution in [1.29, 1.82) is 0 Å². The molecule has 0 fully saturated rings. The highest BCUT2D eigenvalue weighted by Gasteiger charge is 2.15. The molecule has 0 aliphatic rings. The van der Waals surface area contributed by atoms with E-state index in [4.69, 9.17) is 9.47 Å². The minimum atomic E-state index is -3.63. The second-order valence-electron chi connectivity index (χ2n) is 4.95. The Hall–Kier alpha value is -2.21. The average Bonchev–Trinajstić information content (AvgIpc) is 2.50. The number of rotatable bonds is 7. The molecule has 0 aliphatic carbocycles. The molecular formula is C17H21NO4S. The fraction of sp³-hybridized carbons (Fsp3) is 0.294. The molecular weight excluding hydrogens is 314 g/mol. The third kappa shape index (κ3) is 4.39. The average molecular weight is 335 g/mol. The molecule has 6 heteroatoms. The van der Waals surface area contributed by atoms with Gasteiger partial charge < -0.3 is 9.47 Å². The van der Waals surface area contributed by atoms with Gasteiger partial charge in [0.05, 0.1) is 23.8 Å². The summed E-state index contributed by atoms with van der Waals surface area (Å²) in [7, 11) is -3.63. The van der Waals surface area contributed by atoms with Crippen molar-refractivity contribution >= 4 is 15.7 Å². The molecule has 124 valence electrons. The lowest BCUT2D eigenvalue weighted by Gasteiger charge is -2.13. The monoisotopic (exact) mass is 335 g/mol. The second-order valence-corrected chi connectivity index (χ2v) is 6.63. The van der Waals surface area contributed by atoms with Crippen molar-refractivity contribution < 1.29 is 17.9 Å². The molecule has 0 heterocycles. The van der Waals surface area contributed by atoms with Gasteiger partial charge in [-0.3, -0.25) is 4.72 Å². The summed E-state index contributed by atoms with van der Waals surface area (Å²) in [5.41, 5.74) is 1.43. The second kappa shape index (κ2) is 7.37. The molecule has 0 aliphatic heterocycles. The normalized spacial score (nSPS) is 11.1. The summed E-state index contributed by atoms with van der Waals surface area (Å²) < 4.78 is 38.4. The molecule has 0 bridgehead atoms. The van der Waals surface area contributed by atoms with Crippen LogP contribution in [0.5, 0.6) is 11.5 Å². The first-order valence-corrected chi connectivity index (χ1v) is 8.93. The summed E-state index contributed by atoms with van der Waals surface area (Å²) in [5.74, 6) is 1.10. The molecule has 2 rings (SSSR count). The summed E-state index contributed by atoms with van der Waals surface area (Å²) >= 11 is 0. The maximum Gasteiger partial charge on any atom is 0.261 e. The molecule has 5 nitrogen and oxygen atoms in total.